The molecule has 1 aromatic carbocycles. The molecule has 0 saturated carbocycles. The number of esters is 2. The van der Waals surface area contributed by atoms with Gasteiger partial charge in [-0.3, -0.25) is 0 Å². The maximum absolute atomic E-state index is 12.1. The van der Waals surface area contributed by atoms with Gasteiger partial charge in [0.25, 0.3) is 0 Å². The number of hydrogen-bond donors (Lipinski definition) is 0. The third kappa shape index (κ3) is 3.05. The smallest absolute Gasteiger partial charge is 0.375 e. The molecular weight excluding hydrogens is 288 g/mol. The number of aryl methyl sites for hydroxylation is 1. The predicted octanol–water partition coefficient (Wildman–Crippen LogP) is 2.86. The Morgan fingerprint density at radius 1 is 1.32 bits per heavy atom. The van der Waals surface area contributed by atoms with Gasteiger partial charge in [0.2, 0.25) is 5.76 Å². The summed E-state index contributed by atoms with van der Waals surface area (Å²) in [6.07, 6.45) is -0.996. The highest BCUT2D eigenvalue weighted by Gasteiger charge is 2.24. The zero-order valence-corrected chi connectivity index (χ0v) is 13.0. The summed E-state index contributed by atoms with van der Waals surface area (Å²) >= 11 is 0. The lowest BCUT2D eigenvalue weighted by atomic mass is 10.1. The third-order valence-corrected chi connectivity index (χ3v) is 3.22. The van der Waals surface area contributed by atoms with Crippen LogP contribution >= 0.6 is 0 Å². The second kappa shape index (κ2) is 6.51. The molecule has 1 aromatic heterocycles. The van der Waals surface area contributed by atoms with E-state index in [2.05, 4.69) is 4.74 Å². The van der Waals surface area contributed by atoms with Gasteiger partial charge in [-0.1, -0.05) is 0 Å². The van der Waals surface area contributed by atoms with E-state index in [-0.39, 0.29) is 5.76 Å². The van der Waals surface area contributed by atoms with Crippen molar-refractivity contribution in [3.8, 4) is 5.75 Å². The van der Waals surface area contributed by atoms with Crippen molar-refractivity contribution in [1.82, 2.24) is 0 Å². The number of rotatable bonds is 5. The highest BCUT2D eigenvalue weighted by atomic mass is 16.6. The van der Waals surface area contributed by atoms with Crippen molar-refractivity contribution >= 4 is 22.9 Å². The van der Waals surface area contributed by atoms with Crippen LogP contribution in [0.4, 0.5) is 0 Å². The largest absolute Gasteiger partial charge is 0.494 e. The molecule has 0 radical (unpaired) electrons. The van der Waals surface area contributed by atoms with Crippen LogP contribution in [-0.2, 0) is 14.3 Å². The lowest BCUT2D eigenvalue weighted by Gasteiger charge is -2.09. The normalized spacial score (nSPS) is 12.0. The zero-order valence-electron chi connectivity index (χ0n) is 13.0. The molecule has 1 heterocycles. The summed E-state index contributed by atoms with van der Waals surface area (Å²) in [5, 5.41) is 0.767. The van der Waals surface area contributed by atoms with Crippen molar-refractivity contribution in [3.63, 3.8) is 0 Å². The Morgan fingerprint density at radius 3 is 2.68 bits per heavy atom. The first-order valence-electron chi connectivity index (χ1n) is 6.92. The number of fused-ring (bicyclic) bond motifs is 1. The first-order chi connectivity index (χ1) is 10.5. The third-order valence-electron chi connectivity index (χ3n) is 3.22. The van der Waals surface area contributed by atoms with Gasteiger partial charge >= 0.3 is 11.9 Å². The van der Waals surface area contributed by atoms with E-state index >= 15 is 0 Å². The van der Waals surface area contributed by atoms with Crippen LogP contribution in [0.15, 0.2) is 22.6 Å². The molecule has 1 atom stereocenters. The van der Waals surface area contributed by atoms with Gasteiger partial charge in [0.1, 0.15) is 11.3 Å². The molecule has 2 rings (SSSR count). The van der Waals surface area contributed by atoms with E-state index in [9.17, 15) is 9.59 Å². The van der Waals surface area contributed by atoms with E-state index in [4.69, 9.17) is 13.9 Å². The van der Waals surface area contributed by atoms with Gasteiger partial charge in [-0.15, -0.1) is 0 Å². The molecule has 0 fully saturated rings. The number of benzene rings is 1. The summed E-state index contributed by atoms with van der Waals surface area (Å²) in [7, 11) is 1.23. The number of furan rings is 1. The first-order valence-corrected chi connectivity index (χ1v) is 6.92. The molecule has 2 aromatic rings. The molecule has 0 unspecified atom stereocenters. The van der Waals surface area contributed by atoms with Gasteiger partial charge in [0.05, 0.1) is 13.7 Å². The summed E-state index contributed by atoms with van der Waals surface area (Å²) in [6, 6.07) is 5.30. The van der Waals surface area contributed by atoms with E-state index in [0.29, 0.717) is 23.5 Å². The summed E-state index contributed by atoms with van der Waals surface area (Å²) in [5.41, 5.74) is 1.19. The van der Waals surface area contributed by atoms with Gasteiger partial charge in [-0.2, -0.15) is 0 Å². The van der Waals surface area contributed by atoms with E-state index in [1.54, 1.807) is 25.1 Å². The van der Waals surface area contributed by atoms with E-state index in [0.717, 1.165) is 5.39 Å². The highest BCUT2D eigenvalue weighted by molar-refractivity contribution is 5.97. The Kier molecular flexibility index (Phi) is 4.70. The Labute approximate surface area is 127 Å². The van der Waals surface area contributed by atoms with Crippen molar-refractivity contribution in [2.24, 2.45) is 0 Å². The summed E-state index contributed by atoms with van der Waals surface area (Å²) in [4.78, 5) is 23.4. The van der Waals surface area contributed by atoms with Gasteiger partial charge in [0, 0.05) is 10.9 Å². The van der Waals surface area contributed by atoms with E-state index < -0.39 is 18.0 Å². The summed E-state index contributed by atoms with van der Waals surface area (Å²) in [6.45, 7) is 5.63. The minimum Gasteiger partial charge on any atom is -0.494 e. The molecule has 0 aliphatic heterocycles. The molecule has 118 valence electrons. The van der Waals surface area contributed by atoms with Crippen LogP contribution < -0.4 is 4.74 Å². The second-order valence-electron chi connectivity index (χ2n) is 4.72. The molecule has 0 aliphatic carbocycles. The molecule has 0 aliphatic rings. The van der Waals surface area contributed by atoms with Crippen molar-refractivity contribution in [3.05, 3.63) is 29.5 Å². The van der Waals surface area contributed by atoms with E-state index in [1.165, 1.54) is 14.0 Å². The van der Waals surface area contributed by atoms with Crippen molar-refractivity contribution in [2.45, 2.75) is 26.9 Å². The predicted molar refractivity (Wildman–Crippen MR) is 79.0 cm³/mol. The number of methoxy groups -OCH3 is 1. The maximum Gasteiger partial charge on any atom is 0.375 e. The van der Waals surface area contributed by atoms with Crippen LogP contribution in [0, 0.1) is 6.92 Å². The lowest BCUT2D eigenvalue weighted by molar-refractivity contribution is -0.149. The molecule has 0 bridgehead atoms. The Balaban J connectivity index is 2.29. The minimum atomic E-state index is -0.996. The van der Waals surface area contributed by atoms with Crippen LogP contribution in [0.5, 0.6) is 5.75 Å². The SMILES string of the molecule is CCOc1ccc2oc(C(=O)O[C@H](C)C(=O)OC)c(C)c2c1. The van der Waals surface area contributed by atoms with Gasteiger partial charge in [0.15, 0.2) is 6.10 Å². The van der Waals surface area contributed by atoms with Crippen molar-refractivity contribution in [2.75, 3.05) is 13.7 Å². The van der Waals surface area contributed by atoms with Crippen LogP contribution in [-0.4, -0.2) is 31.8 Å². The van der Waals surface area contributed by atoms with Crippen molar-refractivity contribution < 1.29 is 28.2 Å². The highest BCUT2D eigenvalue weighted by Crippen LogP contribution is 2.29. The summed E-state index contributed by atoms with van der Waals surface area (Å²) < 4.78 is 20.5. The quantitative estimate of drug-likeness (QED) is 0.791. The molecule has 0 saturated heterocycles. The topological polar surface area (TPSA) is 75.0 Å². The van der Waals surface area contributed by atoms with Crippen LogP contribution in [0.25, 0.3) is 11.0 Å². The molecule has 22 heavy (non-hydrogen) atoms. The standard InChI is InChI=1S/C16H18O6/c1-5-20-11-6-7-13-12(8-11)9(2)14(22-13)16(18)21-10(3)15(17)19-4/h6-8,10H,5H2,1-4H3/t10-/m1/s1. The minimum absolute atomic E-state index is 0.0689. The Bertz CT molecular complexity index is 700. The molecule has 0 N–H and O–H groups in total. The van der Waals surface area contributed by atoms with Crippen LogP contribution in [0.1, 0.15) is 30.0 Å². The maximum atomic E-state index is 12.1. The van der Waals surface area contributed by atoms with E-state index in [1.807, 2.05) is 6.92 Å². The second-order valence-corrected chi connectivity index (χ2v) is 4.72. The molecule has 0 spiro atoms. The Morgan fingerprint density at radius 2 is 2.05 bits per heavy atom. The number of hydrogen-bond acceptors (Lipinski definition) is 6. The van der Waals surface area contributed by atoms with Crippen LogP contribution in [0.2, 0.25) is 0 Å². The number of carbonyl (C=O) groups is 2. The average molecular weight is 306 g/mol. The molecular formula is C16H18O6. The lowest BCUT2D eigenvalue weighted by Crippen LogP contribution is -2.25. The first kappa shape index (κ1) is 15.9. The van der Waals surface area contributed by atoms with Gasteiger partial charge in [-0.05, 0) is 39.0 Å². The fourth-order valence-electron chi connectivity index (χ4n) is 2.08. The van der Waals surface area contributed by atoms with Crippen LogP contribution in [0.3, 0.4) is 0 Å². The number of carbonyl (C=O) groups excluding carboxylic acids is 2. The average Bonchev–Trinajstić information content (AvgIpc) is 2.83. The fraction of sp³-hybridized carbons (Fsp3) is 0.375. The molecule has 6 heteroatoms. The Hall–Kier alpha value is -2.50. The fourth-order valence-corrected chi connectivity index (χ4v) is 2.08. The zero-order chi connectivity index (χ0) is 16.3. The van der Waals surface area contributed by atoms with Gasteiger partial charge < -0.3 is 18.6 Å². The molecule has 0 amide bonds. The summed E-state index contributed by atoms with van der Waals surface area (Å²) in [5.74, 6) is -0.563. The monoisotopic (exact) mass is 306 g/mol. The van der Waals surface area contributed by atoms with Crippen molar-refractivity contribution in [1.29, 1.82) is 0 Å². The number of ether oxygens (including phenoxy) is 3. The molecule has 6 nitrogen and oxygen atoms in total. The van der Waals surface area contributed by atoms with Gasteiger partial charge in [-0.25, -0.2) is 9.59 Å².